The van der Waals surface area contributed by atoms with E-state index in [2.05, 4.69) is 31.0 Å². The summed E-state index contributed by atoms with van der Waals surface area (Å²) < 4.78 is 0. The Balaban J connectivity index is 1.92. The van der Waals surface area contributed by atoms with Gasteiger partial charge in [-0.05, 0) is 25.6 Å². The molecular weight excluding hydrogens is 224 g/mol. The number of piperazine rings is 1. The molecule has 0 N–H and O–H groups in total. The summed E-state index contributed by atoms with van der Waals surface area (Å²) in [5, 5.41) is 0. The minimum atomic E-state index is 0.115. The topological polar surface area (TPSA) is 23.6 Å². The number of likely N-dealkylation sites (N-methyl/N-ethyl adjacent to an activating group) is 1. The number of carbonyl (C=O) groups is 1. The zero-order valence-electron chi connectivity index (χ0n) is 11.1. The lowest BCUT2D eigenvalue weighted by Crippen LogP contribution is -2.46. The molecule has 0 saturated carbocycles. The van der Waals surface area contributed by atoms with E-state index in [0.29, 0.717) is 0 Å². The number of hydrogen-bond donors (Lipinski definition) is 0. The number of amides is 1. The number of carbonyl (C=O) groups excluding carboxylic acids is 1. The van der Waals surface area contributed by atoms with E-state index in [-0.39, 0.29) is 5.91 Å². The third-order valence-corrected chi connectivity index (χ3v) is 3.31. The van der Waals surface area contributed by atoms with Gasteiger partial charge >= 0.3 is 0 Å². The average molecular weight is 244 g/mol. The van der Waals surface area contributed by atoms with Crippen molar-refractivity contribution in [3.8, 4) is 0 Å². The van der Waals surface area contributed by atoms with Crippen molar-refractivity contribution < 1.29 is 4.79 Å². The van der Waals surface area contributed by atoms with Crippen LogP contribution in [0.3, 0.4) is 0 Å². The summed E-state index contributed by atoms with van der Waals surface area (Å²) in [6.07, 6.45) is 3.57. The fourth-order valence-electron chi connectivity index (χ4n) is 1.98. The van der Waals surface area contributed by atoms with Gasteiger partial charge in [0.1, 0.15) is 0 Å². The summed E-state index contributed by atoms with van der Waals surface area (Å²) >= 11 is 0. The molecule has 1 aliphatic heterocycles. The zero-order chi connectivity index (χ0) is 13.0. The molecular formula is C15H20N2O. The Morgan fingerprint density at radius 1 is 1.11 bits per heavy atom. The number of hydrogen-bond acceptors (Lipinski definition) is 2. The summed E-state index contributed by atoms with van der Waals surface area (Å²) in [5.74, 6) is 0.115. The minimum absolute atomic E-state index is 0.115. The van der Waals surface area contributed by atoms with Gasteiger partial charge in [-0.25, -0.2) is 0 Å². The molecule has 1 heterocycles. The maximum atomic E-state index is 12.0. The molecule has 1 saturated heterocycles. The van der Waals surface area contributed by atoms with Gasteiger partial charge in [0.15, 0.2) is 0 Å². The lowest BCUT2D eigenvalue weighted by atomic mass is 10.1. The number of nitrogens with zero attached hydrogens (tertiary/aromatic N) is 2. The first kappa shape index (κ1) is 12.8. The largest absolute Gasteiger partial charge is 0.337 e. The number of rotatable bonds is 2. The highest BCUT2D eigenvalue weighted by Crippen LogP contribution is 2.06. The Morgan fingerprint density at radius 2 is 1.72 bits per heavy atom. The van der Waals surface area contributed by atoms with E-state index in [0.717, 1.165) is 31.7 Å². The van der Waals surface area contributed by atoms with Crippen LogP contribution in [0.5, 0.6) is 0 Å². The fraction of sp³-hybridized carbons (Fsp3) is 0.400. The molecule has 1 fully saturated rings. The molecule has 2 rings (SSSR count). The van der Waals surface area contributed by atoms with Crippen LogP contribution in [0, 0.1) is 6.92 Å². The van der Waals surface area contributed by atoms with Gasteiger partial charge in [-0.15, -0.1) is 0 Å². The first-order chi connectivity index (χ1) is 8.65. The maximum Gasteiger partial charge on any atom is 0.246 e. The summed E-state index contributed by atoms with van der Waals surface area (Å²) in [5.41, 5.74) is 2.31. The Hall–Kier alpha value is -1.61. The van der Waals surface area contributed by atoms with Crippen LogP contribution < -0.4 is 0 Å². The van der Waals surface area contributed by atoms with Crippen LogP contribution in [0.1, 0.15) is 11.1 Å². The van der Waals surface area contributed by atoms with Crippen LogP contribution >= 0.6 is 0 Å². The molecule has 1 amide bonds. The number of benzene rings is 1. The van der Waals surface area contributed by atoms with Crippen molar-refractivity contribution in [2.75, 3.05) is 33.2 Å². The quantitative estimate of drug-likeness (QED) is 0.740. The molecule has 18 heavy (non-hydrogen) atoms. The van der Waals surface area contributed by atoms with Crippen molar-refractivity contribution in [3.05, 3.63) is 41.5 Å². The fourth-order valence-corrected chi connectivity index (χ4v) is 1.98. The van der Waals surface area contributed by atoms with Gasteiger partial charge in [-0.3, -0.25) is 4.79 Å². The van der Waals surface area contributed by atoms with Crippen molar-refractivity contribution in [3.63, 3.8) is 0 Å². The normalized spacial score (nSPS) is 17.3. The van der Waals surface area contributed by atoms with Gasteiger partial charge < -0.3 is 9.80 Å². The molecule has 96 valence electrons. The number of aryl methyl sites for hydroxylation is 1. The van der Waals surface area contributed by atoms with Crippen molar-refractivity contribution in [1.29, 1.82) is 0 Å². The van der Waals surface area contributed by atoms with Crippen LogP contribution in [0.25, 0.3) is 6.08 Å². The van der Waals surface area contributed by atoms with Crippen LogP contribution in [0.15, 0.2) is 30.3 Å². The lowest BCUT2D eigenvalue weighted by Gasteiger charge is -2.31. The van der Waals surface area contributed by atoms with E-state index in [1.807, 2.05) is 23.1 Å². The Kier molecular flexibility index (Phi) is 4.15. The minimum Gasteiger partial charge on any atom is -0.337 e. The third kappa shape index (κ3) is 3.44. The van der Waals surface area contributed by atoms with E-state index in [4.69, 9.17) is 0 Å². The van der Waals surface area contributed by atoms with E-state index in [9.17, 15) is 4.79 Å². The third-order valence-electron chi connectivity index (χ3n) is 3.31. The molecule has 1 aliphatic rings. The molecule has 0 atom stereocenters. The van der Waals surface area contributed by atoms with E-state index in [1.54, 1.807) is 6.08 Å². The molecule has 1 aromatic carbocycles. The van der Waals surface area contributed by atoms with E-state index < -0.39 is 0 Å². The molecule has 0 aliphatic carbocycles. The monoisotopic (exact) mass is 244 g/mol. The van der Waals surface area contributed by atoms with E-state index in [1.165, 1.54) is 5.56 Å². The average Bonchev–Trinajstić information content (AvgIpc) is 2.38. The van der Waals surface area contributed by atoms with Crippen LogP contribution in [-0.4, -0.2) is 48.9 Å². The van der Waals surface area contributed by atoms with Gasteiger partial charge in [0.25, 0.3) is 0 Å². The predicted octanol–water partition coefficient (Wildman–Crippen LogP) is 1.78. The highest BCUT2D eigenvalue weighted by molar-refractivity contribution is 5.91. The Bertz CT molecular complexity index is 428. The van der Waals surface area contributed by atoms with Crippen molar-refractivity contribution >= 4 is 12.0 Å². The molecule has 3 nitrogen and oxygen atoms in total. The van der Waals surface area contributed by atoms with Gasteiger partial charge in [0.2, 0.25) is 5.91 Å². The van der Waals surface area contributed by atoms with Gasteiger partial charge in [-0.2, -0.15) is 0 Å². The SMILES string of the molecule is Cc1ccc(C=CC(=O)N2CCN(C)CC2)cc1. The zero-order valence-corrected chi connectivity index (χ0v) is 11.1. The Morgan fingerprint density at radius 3 is 2.33 bits per heavy atom. The first-order valence-electron chi connectivity index (χ1n) is 6.37. The molecule has 0 unspecified atom stereocenters. The smallest absolute Gasteiger partial charge is 0.246 e. The molecule has 0 aromatic heterocycles. The molecule has 0 radical (unpaired) electrons. The summed E-state index contributed by atoms with van der Waals surface area (Å²) in [4.78, 5) is 16.1. The second-order valence-electron chi connectivity index (χ2n) is 4.87. The first-order valence-corrected chi connectivity index (χ1v) is 6.37. The molecule has 1 aromatic rings. The second-order valence-corrected chi connectivity index (χ2v) is 4.87. The van der Waals surface area contributed by atoms with Crippen molar-refractivity contribution in [1.82, 2.24) is 9.80 Å². The van der Waals surface area contributed by atoms with Gasteiger partial charge in [-0.1, -0.05) is 29.8 Å². The standard InChI is InChI=1S/C15H20N2O/c1-13-3-5-14(6-4-13)7-8-15(18)17-11-9-16(2)10-12-17/h3-8H,9-12H2,1-2H3. The summed E-state index contributed by atoms with van der Waals surface area (Å²) in [6, 6.07) is 8.17. The van der Waals surface area contributed by atoms with E-state index >= 15 is 0 Å². The molecule has 0 spiro atoms. The maximum absolute atomic E-state index is 12.0. The van der Waals surface area contributed by atoms with Crippen molar-refractivity contribution in [2.24, 2.45) is 0 Å². The van der Waals surface area contributed by atoms with Crippen LogP contribution in [0.4, 0.5) is 0 Å². The molecule has 3 heteroatoms. The summed E-state index contributed by atoms with van der Waals surface area (Å²) in [6.45, 7) is 5.64. The summed E-state index contributed by atoms with van der Waals surface area (Å²) in [7, 11) is 2.09. The lowest BCUT2D eigenvalue weighted by molar-refractivity contribution is -0.127. The Labute approximate surface area is 109 Å². The van der Waals surface area contributed by atoms with Gasteiger partial charge in [0, 0.05) is 32.3 Å². The predicted molar refractivity (Wildman–Crippen MR) is 74.3 cm³/mol. The highest BCUT2D eigenvalue weighted by Gasteiger charge is 2.16. The van der Waals surface area contributed by atoms with Crippen LogP contribution in [-0.2, 0) is 4.79 Å². The second kappa shape index (κ2) is 5.83. The van der Waals surface area contributed by atoms with Crippen molar-refractivity contribution in [2.45, 2.75) is 6.92 Å². The molecule has 0 bridgehead atoms. The highest BCUT2D eigenvalue weighted by atomic mass is 16.2. The van der Waals surface area contributed by atoms with Gasteiger partial charge in [0.05, 0.1) is 0 Å². The van der Waals surface area contributed by atoms with Crippen LogP contribution in [0.2, 0.25) is 0 Å².